The van der Waals surface area contributed by atoms with Crippen molar-refractivity contribution in [2.24, 2.45) is 11.7 Å². The molecule has 4 nitrogen and oxygen atoms in total. The van der Waals surface area contributed by atoms with E-state index in [-0.39, 0.29) is 11.9 Å². The smallest absolute Gasteiger partial charge is 0.253 e. The maximum absolute atomic E-state index is 12.5. The average molecular weight is 257 g/mol. The van der Waals surface area contributed by atoms with Gasteiger partial charge in [0.2, 0.25) is 0 Å². The summed E-state index contributed by atoms with van der Waals surface area (Å²) in [5.41, 5.74) is 7.82. The van der Waals surface area contributed by atoms with Crippen molar-refractivity contribution in [2.75, 3.05) is 13.1 Å². The zero-order valence-corrected chi connectivity index (χ0v) is 11.1. The van der Waals surface area contributed by atoms with Gasteiger partial charge in [0.05, 0.1) is 0 Å². The number of piperidine rings is 1. The van der Waals surface area contributed by atoms with Crippen LogP contribution in [0.15, 0.2) is 30.5 Å². The molecule has 1 aliphatic heterocycles. The zero-order valence-electron chi connectivity index (χ0n) is 11.1. The van der Waals surface area contributed by atoms with Crippen molar-refractivity contribution in [2.45, 2.75) is 19.4 Å². The van der Waals surface area contributed by atoms with Crippen molar-refractivity contribution in [3.63, 3.8) is 0 Å². The fraction of sp³-hybridized carbons (Fsp3) is 0.400. The number of nitrogens with zero attached hydrogens (tertiary/aromatic N) is 1. The minimum Gasteiger partial charge on any atom is -0.361 e. The Kier molecular flexibility index (Phi) is 3.03. The van der Waals surface area contributed by atoms with E-state index in [1.807, 2.05) is 35.4 Å². The molecule has 2 aromatic rings. The van der Waals surface area contributed by atoms with Crippen LogP contribution < -0.4 is 5.73 Å². The van der Waals surface area contributed by atoms with Crippen molar-refractivity contribution in [3.05, 3.63) is 36.0 Å². The highest BCUT2D eigenvalue weighted by Crippen LogP contribution is 2.20. The van der Waals surface area contributed by atoms with E-state index in [4.69, 9.17) is 5.73 Å². The molecular weight excluding hydrogens is 238 g/mol. The Morgan fingerprint density at radius 2 is 2.26 bits per heavy atom. The van der Waals surface area contributed by atoms with Crippen LogP contribution in [0.1, 0.15) is 23.7 Å². The van der Waals surface area contributed by atoms with Crippen LogP contribution in [0.4, 0.5) is 0 Å². The molecule has 3 rings (SSSR count). The number of aromatic nitrogens is 1. The molecule has 1 aromatic heterocycles. The number of carbonyl (C=O) groups is 1. The van der Waals surface area contributed by atoms with Crippen LogP contribution in [-0.4, -0.2) is 34.9 Å². The summed E-state index contributed by atoms with van der Waals surface area (Å²) in [5, 5.41) is 1.08. The highest BCUT2D eigenvalue weighted by atomic mass is 16.2. The number of rotatable bonds is 1. The third kappa shape index (κ3) is 2.24. The predicted molar refractivity (Wildman–Crippen MR) is 76.0 cm³/mol. The Labute approximate surface area is 112 Å². The van der Waals surface area contributed by atoms with Gasteiger partial charge in [0, 0.05) is 41.8 Å². The van der Waals surface area contributed by atoms with Gasteiger partial charge in [-0.25, -0.2) is 0 Å². The quantitative estimate of drug-likeness (QED) is 0.820. The normalized spacial score (nSPS) is 23.8. The minimum atomic E-state index is 0.113. The summed E-state index contributed by atoms with van der Waals surface area (Å²) in [7, 11) is 0. The molecule has 1 aromatic carbocycles. The average Bonchev–Trinajstić information content (AvgIpc) is 2.88. The number of H-pyrrole nitrogens is 1. The highest BCUT2D eigenvalue weighted by Gasteiger charge is 2.26. The van der Waals surface area contributed by atoms with Gasteiger partial charge < -0.3 is 15.6 Å². The molecule has 0 radical (unpaired) electrons. The molecule has 1 saturated heterocycles. The van der Waals surface area contributed by atoms with Crippen molar-refractivity contribution in [1.82, 2.24) is 9.88 Å². The fourth-order valence-electron chi connectivity index (χ4n) is 2.72. The second-order valence-electron chi connectivity index (χ2n) is 5.46. The van der Waals surface area contributed by atoms with Crippen LogP contribution in [0.2, 0.25) is 0 Å². The van der Waals surface area contributed by atoms with Crippen molar-refractivity contribution in [3.8, 4) is 0 Å². The van der Waals surface area contributed by atoms with Gasteiger partial charge in [-0.05, 0) is 36.6 Å². The summed E-state index contributed by atoms with van der Waals surface area (Å²) < 4.78 is 0. The number of hydrogen-bond acceptors (Lipinski definition) is 2. The monoisotopic (exact) mass is 257 g/mol. The molecule has 2 atom stereocenters. The minimum absolute atomic E-state index is 0.113. The Bertz CT molecular complexity index is 604. The molecule has 2 unspecified atom stereocenters. The molecule has 2 heterocycles. The maximum Gasteiger partial charge on any atom is 0.253 e. The van der Waals surface area contributed by atoms with E-state index in [9.17, 15) is 4.79 Å². The van der Waals surface area contributed by atoms with E-state index in [0.29, 0.717) is 5.92 Å². The number of hydrogen-bond donors (Lipinski definition) is 2. The van der Waals surface area contributed by atoms with Crippen LogP contribution in [-0.2, 0) is 0 Å². The number of nitrogens with two attached hydrogens (primary N) is 1. The maximum atomic E-state index is 12.5. The van der Waals surface area contributed by atoms with Gasteiger partial charge in [-0.3, -0.25) is 4.79 Å². The lowest BCUT2D eigenvalue weighted by Crippen LogP contribution is -2.48. The third-order valence-electron chi connectivity index (χ3n) is 4.06. The summed E-state index contributed by atoms with van der Waals surface area (Å²) in [4.78, 5) is 17.5. The van der Waals surface area contributed by atoms with Gasteiger partial charge in [0.1, 0.15) is 0 Å². The number of benzene rings is 1. The van der Waals surface area contributed by atoms with Gasteiger partial charge in [0.25, 0.3) is 5.91 Å². The number of nitrogens with one attached hydrogen (secondary N) is 1. The van der Waals surface area contributed by atoms with E-state index in [1.165, 1.54) is 0 Å². The first kappa shape index (κ1) is 12.2. The lowest BCUT2D eigenvalue weighted by molar-refractivity contribution is 0.0664. The Morgan fingerprint density at radius 3 is 3.05 bits per heavy atom. The summed E-state index contributed by atoms with van der Waals surface area (Å²) >= 11 is 0. The van der Waals surface area contributed by atoms with Crippen molar-refractivity contribution in [1.29, 1.82) is 0 Å². The van der Waals surface area contributed by atoms with Gasteiger partial charge in [-0.2, -0.15) is 0 Å². The van der Waals surface area contributed by atoms with E-state index >= 15 is 0 Å². The van der Waals surface area contributed by atoms with E-state index in [1.54, 1.807) is 0 Å². The van der Waals surface area contributed by atoms with E-state index < -0.39 is 0 Å². The summed E-state index contributed by atoms with van der Waals surface area (Å²) in [6.45, 7) is 3.63. The molecule has 1 aliphatic rings. The Morgan fingerprint density at radius 1 is 1.42 bits per heavy atom. The number of aromatic amines is 1. The molecule has 0 spiro atoms. The largest absolute Gasteiger partial charge is 0.361 e. The predicted octanol–water partition coefficient (Wildman–Crippen LogP) is 1.98. The van der Waals surface area contributed by atoms with E-state index in [2.05, 4.69) is 11.9 Å². The number of amides is 1. The molecule has 3 N–H and O–H groups in total. The highest BCUT2D eigenvalue weighted by molar-refractivity contribution is 5.98. The first-order chi connectivity index (χ1) is 9.15. The molecule has 1 fully saturated rings. The van der Waals surface area contributed by atoms with E-state index in [0.717, 1.165) is 36.0 Å². The zero-order chi connectivity index (χ0) is 13.4. The standard InChI is InChI=1S/C15H19N3O/c1-10-9-18(7-5-13(10)16)15(19)12-2-3-14-11(8-12)4-6-17-14/h2-4,6,8,10,13,17H,5,7,9,16H2,1H3. The summed E-state index contributed by atoms with van der Waals surface area (Å²) in [6, 6.07) is 8.01. The van der Waals surface area contributed by atoms with Crippen LogP contribution in [0, 0.1) is 5.92 Å². The molecule has 0 saturated carbocycles. The third-order valence-corrected chi connectivity index (χ3v) is 4.06. The lowest BCUT2D eigenvalue weighted by Gasteiger charge is -2.35. The first-order valence-electron chi connectivity index (χ1n) is 6.77. The summed E-state index contributed by atoms with van der Waals surface area (Å²) in [6.07, 6.45) is 2.78. The van der Waals surface area contributed by atoms with Gasteiger partial charge in [-0.15, -0.1) is 0 Å². The molecule has 0 aliphatic carbocycles. The fourth-order valence-corrected chi connectivity index (χ4v) is 2.72. The number of likely N-dealkylation sites (tertiary alicyclic amines) is 1. The number of fused-ring (bicyclic) bond motifs is 1. The molecule has 0 bridgehead atoms. The van der Waals surface area contributed by atoms with Gasteiger partial charge >= 0.3 is 0 Å². The first-order valence-corrected chi connectivity index (χ1v) is 6.77. The van der Waals surface area contributed by atoms with Crippen LogP contribution in [0.25, 0.3) is 10.9 Å². The lowest BCUT2D eigenvalue weighted by atomic mass is 9.94. The van der Waals surface area contributed by atoms with Gasteiger partial charge in [0.15, 0.2) is 0 Å². The molecule has 1 amide bonds. The Hall–Kier alpha value is -1.81. The second-order valence-corrected chi connectivity index (χ2v) is 5.46. The number of carbonyl (C=O) groups excluding carboxylic acids is 1. The van der Waals surface area contributed by atoms with Crippen molar-refractivity contribution < 1.29 is 4.79 Å². The topological polar surface area (TPSA) is 62.1 Å². The molecular formula is C15H19N3O. The van der Waals surface area contributed by atoms with Crippen LogP contribution in [0.3, 0.4) is 0 Å². The Balaban J connectivity index is 1.83. The molecule has 100 valence electrons. The van der Waals surface area contributed by atoms with Crippen molar-refractivity contribution >= 4 is 16.8 Å². The van der Waals surface area contributed by atoms with Crippen LogP contribution >= 0.6 is 0 Å². The second kappa shape index (κ2) is 4.70. The molecule has 19 heavy (non-hydrogen) atoms. The summed E-state index contributed by atoms with van der Waals surface area (Å²) in [5.74, 6) is 0.482. The van der Waals surface area contributed by atoms with Crippen LogP contribution in [0.5, 0.6) is 0 Å². The SMILES string of the molecule is CC1CN(C(=O)c2ccc3[nH]ccc3c2)CCC1N. The van der Waals surface area contributed by atoms with Gasteiger partial charge in [-0.1, -0.05) is 6.92 Å². The molecule has 4 heteroatoms.